The minimum atomic E-state index is -0.672. The van der Waals surface area contributed by atoms with Crippen LogP contribution >= 0.6 is 0 Å². The average Bonchev–Trinajstić information content (AvgIpc) is 3.17. The Morgan fingerprint density at radius 1 is 1.20 bits per heavy atom. The average molecular weight is 414 g/mol. The molecule has 1 saturated heterocycles. The van der Waals surface area contributed by atoms with E-state index >= 15 is 0 Å². The predicted molar refractivity (Wildman–Crippen MR) is 107 cm³/mol. The van der Waals surface area contributed by atoms with Gasteiger partial charge in [0.25, 0.3) is 0 Å². The van der Waals surface area contributed by atoms with Crippen LogP contribution < -0.4 is 4.74 Å². The molecule has 2 aromatic rings. The van der Waals surface area contributed by atoms with Gasteiger partial charge in [-0.2, -0.15) is 5.26 Å². The van der Waals surface area contributed by atoms with Crippen molar-refractivity contribution in [2.75, 3.05) is 13.1 Å². The highest BCUT2D eigenvalue weighted by molar-refractivity contribution is 5.68. The van der Waals surface area contributed by atoms with E-state index in [-0.39, 0.29) is 29.9 Å². The SMILES string of the molecule is CC(C)(C)OC(=O)N1CC[C@H](c2ccc(F)c(COc3ccc(C#N)cc3F)c2)C1. The fourth-order valence-electron chi connectivity index (χ4n) is 3.33. The second-order valence-corrected chi connectivity index (χ2v) is 8.31. The van der Waals surface area contributed by atoms with Crippen molar-refractivity contribution in [3.05, 3.63) is 64.7 Å². The van der Waals surface area contributed by atoms with Gasteiger partial charge in [-0.05, 0) is 63.1 Å². The second kappa shape index (κ2) is 8.70. The molecule has 1 atom stereocenters. The fourth-order valence-corrected chi connectivity index (χ4v) is 3.33. The summed E-state index contributed by atoms with van der Waals surface area (Å²) in [6.07, 6.45) is 0.391. The van der Waals surface area contributed by atoms with Crippen LogP contribution in [0, 0.1) is 23.0 Å². The minimum Gasteiger partial charge on any atom is -0.486 e. The Kier molecular flexibility index (Phi) is 6.25. The lowest BCUT2D eigenvalue weighted by Gasteiger charge is -2.24. The van der Waals surface area contributed by atoms with Gasteiger partial charge in [-0.3, -0.25) is 0 Å². The molecular weight excluding hydrogens is 390 g/mol. The summed E-state index contributed by atoms with van der Waals surface area (Å²) in [7, 11) is 0. The van der Waals surface area contributed by atoms with E-state index in [0.717, 1.165) is 18.1 Å². The molecule has 1 fully saturated rings. The number of nitriles is 1. The topological polar surface area (TPSA) is 62.6 Å². The Balaban J connectivity index is 1.67. The number of amides is 1. The van der Waals surface area contributed by atoms with Crippen LogP contribution in [0.3, 0.4) is 0 Å². The van der Waals surface area contributed by atoms with Gasteiger partial charge in [0.2, 0.25) is 0 Å². The normalized spacial score (nSPS) is 16.3. The number of carbonyl (C=O) groups excluding carboxylic acids is 1. The molecule has 1 aliphatic heterocycles. The molecular formula is C23H24F2N2O3. The van der Waals surface area contributed by atoms with Crippen molar-refractivity contribution in [2.45, 2.75) is 45.3 Å². The van der Waals surface area contributed by atoms with E-state index < -0.39 is 17.2 Å². The number of halogens is 2. The first kappa shape index (κ1) is 21.6. The predicted octanol–water partition coefficient (Wildman–Crippen LogP) is 5.14. The molecule has 1 heterocycles. The molecule has 158 valence electrons. The van der Waals surface area contributed by atoms with Crippen LogP contribution in [0.2, 0.25) is 0 Å². The third kappa shape index (κ3) is 5.26. The molecule has 7 heteroatoms. The Hall–Kier alpha value is -3.14. The van der Waals surface area contributed by atoms with Crippen LogP contribution in [0.25, 0.3) is 0 Å². The Labute approximate surface area is 174 Å². The summed E-state index contributed by atoms with van der Waals surface area (Å²) >= 11 is 0. The molecule has 0 spiro atoms. The maximum Gasteiger partial charge on any atom is 0.410 e. The zero-order valence-corrected chi connectivity index (χ0v) is 17.2. The largest absolute Gasteiger partial charge is 0.486 e. The molecule has 0 bridgehead atoms. The molecule has 1 aliphatic rings. The maximum atomic E-state index is 14.3. The monoisotopic (exact) mass is 414 g/mol. The van der Waals surface area contributed by atoms with Gasteiger partial charge in [-0.1, -0.05) is 6.07 Å². The van der Waals surface area contributed by atoms with Gasteiger partial charge in [0.15, 0.2) is 11.6 Å². The zero-order valence-electron chi connectivity index (χ0n) is 17.2. The number of hydrogen-bond acceptors (Lipinski definition) is 4. The lowest BCUT2D eigenvalue weighted by atomic mass is 9.96. The molecule has 0 radical (unpaired) electrons. The highest BCUT2D eigenvalue weighted by Crippen LogP contribution is 2.30. The van der Waals surface area contributed by atoms with Crippen LogP contribution in [-0.2, 0) is 11.3 Å². The molecule has 5 nitrogen and oxygen atoms in total. The molecule has 30 heavy (non-hydrogen) atoms. The highest BCUT2D eigenvalue weighted by atomic mass is 19.1. The van der Waals surface area contributed by atoms with Gasteiger partial charge in [0.05, 0.1) is 11.6 Å². The Bertz CT molecular complexity index is 979. The van der Waals surface area contributed by atoms with Gasteiger partial charge in [0.1, 0.15) is 18.0 Å². The number of ether oxygens (including phenoxy) is 2. The summed E-state index contributed by atoms with van der Waals surface area (Å²) < 4.78 is 39.1. The Morgan fingerprint density at radius 2 is 1.97 bits per heavy atom. The van der Waals surface area contributed by atoms with Crippen LogP contribution in [0.4, 0.5) is 13.6 Å². The summed E-state index contributed by atoms with van der Waals surface area (Å²) in [6, 6.07) is 10.5. The number of rotatable bonds is 4. The van der Waals surface area contributed by atoms with Gasteiger partial charge in [-0.25, -0.2) is 13.6 Å². The van der Waals surface area contributed by atoms with Crippen molar-refractivity contribution in [2.24, 2.45) is 0 Å². The smallest absolute Gasteiger partial charge is 0.410 e. The minimum absolute atomic E-state index is 0.0456. The van der Waals surface area contributed by atoms with Gasteiger partial charge >= 0.3 is 6.09 Å². The van der Waals surface area contributed by atoms with E-state index in [2.05, 4.69) is 0 Å². The molecule has 1 amide bonds. The van der Waals surface area contributed by atoms with E-state index in [9.17, 15) is 13.6 Å². The van der Waals surface area contributed by atoms with Crippen LogP contribution in [0.1, 0.15) is 49.8 Å². The van der Waals surface area contributed by atoms with E-state index in [4.69, 9.17) is 14.7 Å². The number of hydrogen-bond donors (Lipinski definition) is 0. The van der Waals surface area contributed by atoms with Crippen molar-refractivity contribution in [1.29, 1.82) is 5.26 Å². The van der Waals surface area contributed by atoms with Gasteiger partial charge in [0, 0.05) is 24.6 Å². The molecule has 2 aromatic carbocycles. The first-order valence-electron chi connectivity index (χ1n) is 9.75. The highest BCUT2D eigenvalue weighted by Gasteiger charge is 2.30. The number of nitrogens with zero attached hydrogens (tertiary/aromatic N) is 2. The molecule has 0 N–H and O–H groups in total. The van der Waals surface area contributed by atoms with E-state index in [1.807, 2.05) is 26.8 Å². The summed E-state index contributed by atoms with van der Waals surface area (Å²) in [4.78, 5) is 13.9. The molecule has 0 aliphatic carbocycles. The summed E-state index contributed by atoms with van der Waals surface area (Å²) in [5, 5.41) is 8.80. The molecule has 0 aromatic heterocycles. The van der Waals surface area contributed by atoms with Crippen LogP contribution in [-0.4, -0.2) is 29.7 Å². The number of benzene rings is 2. The van der Waals surface area contributed by atoms with Crippen molar-refractivity contribution in [1.82, 2.24) is 4.90 Å². The van der Waals surface area contributed by atoms with Crippen LogP contribution in [0.15, 0.2) is 36.4 Å². The first-order chi connectivity index (χ1) is 14.2. The van der Waals surface area contributed by atoms with Crippen molar-refractivity contribution >= 4 is 6.09 Å². The molecule has 3 rings (SSSR count). The summed E-state index contributed by atoms with van der Waals surface area (Å²) in [5.41, 5.74) is 0.813. The quantitative estimate of drug-likeness (QED) is 0.695. The Morgan fingerprint density at radius 3 is 2.63 bits per heavy atom. The van der Waals surface area contributed by atoms with E-state index in [0.29, 0.717) is 18.7 Å². The zero-order chi connectivity index (χ0) is 21.9. The summed E-state index contributed by atoms with van der Waals surface area (Å²) in [6.45, 7) is 6.37. The van der Waals surface area contributed by atoms with E-state index in [1.165, 1.54) is 18.2 Å². The standard InChI is InChI=1S/C23H24F2N2O3/c1-23(2,3)30-22(28)27-9-8-17(13-27)16-5-6-19(24)18(11-16)14-29-21-7-4-15(12-26)10-20(21)25/h4-7,10-11,17H,8-9,13-14H2,1-3H3/t17-/m0/s1. The van der Waals surface area contributed by atoms with Gasteiger partial charge in [-0.15, -0.1) is 0 Å². The molecule has 0 saturated carbocycles. The van der Waals surface area contributed by atoms with Crippen molar-refractivity contribution < 1.29 is 23.0 Å². The number of carbonyl (C=O) groups is 1. The maximum absolute atomic E-state index is 14.3. The third-order valence-corrected chi connectivity index (χ3v) is 4.83. The second-order valence-electron chi connectivity index (χ2n) is 8.31. The van der Waals surface area contributed by atoms with E-state index in [1.54, 1.807) is 17.0 Å². The van der Waals surface area contributed by atoms with Crippen LogP contribution in [0.5, 0.6) is 5.75 Å². The van der Waals surface area contributed by atoms with Gasteiger partial charge < -0.3 is 14.4 Å². The lowest BCUT2D eigenvalue weighted by molar-refractivity contribution is 0.0292. The third-order valence-electron chi connectivity index (χ3n) is 4.83. The molecule has 0 unspecified atom stereocenters. The first-order valence-corrected chi connectivity index (χ1v) is 9.75. The van der Waals surface area contributed by atoms with Crippen molar-refractivity contribution in [3.63, 3.8) is 0 Å². The lowest BCUT2D eigenvalue weighted by Crippen LogP contribution is -2.35. The summed E-state index contributed by atoms with van der Waals surface area (Å²) in [5.74, 6) is -1.11. The fraction of sp³-hybridized carbons (Fsp3) is 0.391. The van der Waals surface area contributed by atoms with Crippen molar-refractivity contribution in [3.8, 4) is 11.8 Å². The number of likely N-dealkylation sites (tertiary alicyclic amines) is 1.